The molecule has 1 rings (SSSR count). The monoisotopic (exact) mass is 366 g/mol. The molecule has 7 N–H and O–H groups in total. The van der Waals surface area contributed by atoms with Crippen LogP contribution in [-0.4, -0.2) is 59.1 Å². The second-order valence-corrected chi connectivity index (χ2v) is 5.54. The molecule has 0 spiro atoms. The zero-order chi connectivity index (χ0) is 19.7. The minimum atomic E-state index is -1.23. The zero-order valence-corrected chi connectivity index (χ0v) is 14.2. The number of benzene rings is 1. The van der Waals surface area contributed by atoms with Gasteiger partial charge in [-0.1, -0.05) is 12.1 Å². The molecule has 10 heteroatoms. The van der Waals surface area contributed by atoms with Crippen LogP contribution in [0.3, 0.4) is 0 Å². The van der Waals surface area contributed by atoms with Crippen molar-refractivity contribution in [2.45, 2.75) is 25.4 Å². The number of nitrogens with one attached hydrogen (secondary N) is 3. The van der Waals surface area contributed by atoms with Crippen LogP contribution in [0.4, 0.5) is 0 Å². The van der Waals surface area contributed by atoms with Gasteiger partial charge in [0.15, 0.2) is 0 Å². The molecule has 1 aromatic rings. The predicted octanol–water partition coefficient (Wildman–Crippen LogP) is -1.92. The Kier molecular flexibility index (Phi) is 8.03. The number of hydrogen-bond acceptors (Lipinski definition) is 6. The highest BCUT2D eigenvalue weighted by Crippen LogP contribution is 2.11. The van der Waals surface area contributed by atoms with E-state index in [9.17, 15) is 29.4 Å². The Bertz CT molecular complexity index is 661. The summed E-state index contributed by atoms with van der Waals surface area (Å²) in [4.78, 5) is 46.0. The van der Waals surface area contributed by atoms with E-state index in [1.165, 1.54) is 19.1 Å². The van der Waals surface area contributed by atoms with Crippen molar-refractivity contribution >= 4 is 23.7 Å². The van der Waals surface area contributed by atoms with Crippen molar-refractivity contribution < 1.29 is 29.4 Å². The highest BCUT2D eigenvalue weighted by atomic mass is 16.4. The van der Waals surface area contributed by atoms with Crippen LogP contribution in [0.25, 0.3) is 0 Å². The smallest absolute Gasteiger partial charge is 0.326 e. The number of carboxylic acid groups (broad SMARTS) is 1. The van der Waals surface area contributed by atoms with Crippen LogP contribution in [0, 0.1) is 0 Å². The number of aromatic hydroxyl groups is 1. The van der Waals surface area contributed by atoms with Gasteiger partial charge in [-0.2, -0.15) is 0 Å². The number of carboxylic acids is 1. The van der Waals surface area contributed by atoms with E-state index >= 15 is 0 Å². The maximum Gasteiger partial charge on any atom is 0.326 e. The normalized spacial score (nSPS) is 12.5. The Morgan fingerprint density at radius 3 is 2.23 bits per heavy atom. The summed E-state index contributed by atoms with van der Waals surface area (Å²) in [5.41, 5.74) is 5.73. The third kappa shape index (κ3) is 7.18. The molecule has 2 atom stereocenters. The van der Waals surface area contributed by atoms with Crippen molar-refractivity contribution in [2.24, 2.45) is 5.73 Å². The van der Waals surface area contributed by atoms with E-state index in [2.05, 4.69) is 16.0 Å². The molecule has 26 heavy (non-hydrogen) atoms. The molecule has 0 fully saturated rings. The molecule has 0 saturated heterocycles. The van der Waals surface area contributed by atoms with Gasteiger partial charge in [-0.15, -0.1) is 0 Å². The van der Waals surface area contributed by atoms with Gasteiger partial charge in [0, 0.05) is 6.42 Å². The SMILES string of the molecule is CC(NC(=O)CN)C(=O)NCC(=O)NC(Cc1ccc(O)cc1)C(=O)O. The number of phenolic OH excluding ortho intramolecular Hbond substituents is 1. The molecule has 0 heterocycles. The largest absolute Gasteiger partial charge is 0.508 e. The molecule has 142 valence electrons. The Hall–Kier alpha value is -3.14. The van der Waals surface area contributed by atoms with E-state index in [0.29, 0.717) is 5.56 Å². The number of carbonyl (C=O) groups excluding carboxylic acids is 3. The molecule has 0 aliphatic rings. The van der Waals surface area contributed by atoms with Gasteiger partial charge in [-0.25, -0.2) is 4.79 Å². The highest BCUT2D eigenvalue weighted by Gasteiger charge is 2.21. The van der Waals surface area contributed by atoms with Crippen molar-refractivity contribution in [1.29, 1.82) is 0 Å². The molecule has 0 aliphatic carbocycles. The Morgan fingerprint density at radius 1 is 1.08 bits per heavy atom. The van der Waals surface area contributed by atoms with Crippen molar-refractivity contribution in [3.8, 4) is 5.75 Å². The van der Waals surface area contributed by atoms with E-state index < -0.39 is 42.3 Å². The first-order valence-corrected chi connectivity index (χ1v) is 7.80. The van der Waals surface area contributed by atoms with Gasteiger partial charge in [0.25, 0.3) is 0 Å². The molecule has 0 aromatic heterocycles. The average molecular weight is 366 g/mol. The van der Waals surface area contributed by atoms with Crippen LogP contribution in [0.1, 0.15) is 12.5 Å². The molecule has 0 aliphatic heterocycles. The quantitative estimate of drug-likeness (QED) is 0.296. The van der Waals surface area contributed by atoms with Crippen molar-refractivity contribution in [3.63, 3.8) is 0 Å². The average Bonchev–Trinajstić information content (AvgIpc) is 2.60. The minimum Gasteiger partial charge on any atom is -0.508 e. The molecular formula is C16H22N4O6. The Balaban J connectivity index is 2.52. The van der Waals surface area contributed by atoms with E-state index in [-0.39, 0.29) is 18.7 Å². The standard InChI is InChI=1S/C16H22N4O6/c1-9(19-13(22)7-17)15(24)18-8-14(23)20-12(16(25)26)6-10-2-4-11(21)5-3-10/h2-5,9,12,21H,6-8,17H2,1H3,(H,18,24)(H,19,22)(H,20,23)(H,25,26). The van der Waals surface area contributed by atoms with Gasteiger partial charge in [0.2, 0.25) is 17.7 Å². The lowest BCUT2D eigenvalue weighted by atomic mass is 10.1. The van der Waals surface area contributed by atoms with Crippen LogP contribution in [0.15, 0.2) is 24.3 Å². The summed E-state index contributed by atoms with van der Waals surface area (Å²) < 4.78 is 0. The Morgan fingerprint density at radius 2 is 1.69 bits per heavy atom. The van der Waals surface area contributed by atoms with Gasteiger partial charge in [-0.05, 0) is 24.6 Å². The van der Waals surface area contributed by atoms with E-state index in [0.717, 1.165) is 0 Å². The van der Waals surface area contributed by atoms with Crippen LogP contribution in [0.5, 0.6) is 5.75 Å². The predicted molar refractivity (Wildman–Crippen MR) is 91.0 cm³/mol. The topological polar surface area (TPSA) is 171 Å². The van der Waals surface area contributed by atoms with E-state index in [1.807, 2.05) is 0 Å². The number of phenols is 1. The van der Waals surface area contributed by atoms with Gasteiger partial charge in [0.1, 0.15) is 17.8 Å². The lowest BCUT2D eigenvalue weighted by Crippen LogP contribution is -2.50. The van der Waals surface area contributed by atoms with Gasteiger partial charge < -0.3 is 31.9 Å². The first-order valence-electron chi connectivity index (χ1n) is 7.80. The fraction of sp³-hybridized carbons (Fsp3) is 0.375. The van der Waals surface area contributed by atoms with E-state index in [1.54, 1.807) is 12.1 Å². The fourth-order valence-electron chi connectivity index (χ4n) is 2.00. The lowest BCUT2D eigenvalue weighted by molar-refractivity contribution is -0.141. The number of carbonyl (C=O) groups is 4. The van der Waals surface area contributed by atoms with Crippen LogP contribution < -0.4 is 21.7 Å². The van der Waals surface area contributed by atoms with Crippen LogP contribution in [-0.2, 0) is 25.6 Å². The summed E-state index contributed by atoms with van der Waals surface area (Å²) in [5, 5.41) is 25.4. The highest BCUT2D eigenvalue weighted by molar-refractivity contribution is 5.91. The molecular weight excluding hydrogens is 344 g/mol. The summed E-state index contributed by atoms with van der Waals surface area (Å²) in [5.74, 6) is -3.00. The summed E-state index contributed by atoms with van der Waals surface area (Å²) in [7, 11) is 0. The molecule has 0 bridgehead atoms. The number of nitrogens with two attached hydrogens (primary N) is 1. The summed E-state index contributed by atoms with van der Waals surface area (Å²) in [6.07, 6.45) is 0.0122. The van der Waals surface area contributed by atoms with Crippen molar-refractivity contribution in [1.82, 2.24) is 16.0 Å². The zero-order valence-electron chi connectivity index (χ0n) is 14.2. The van der Waals surface area contributed by atoms with Crippen molar-refractivity contribution in [2.75, 3.05) is 13.1 Å². The van der Waals surface area contributed by atoms with Gasteiger partial charge in [-0.3, -0.25) is 14.4 Å². The number of aliphatic carboxylic acids is 1. The third-order valence-corrected chi connectivity index (χ3v) is 3.39. The van der Waals surface area contributed by atoms with Crippen LogP contribution >= 0.6 is 0 Å². The maximum absolute atomic E-state index is 11.9. The lowest BCUT2D eigenvalue weighted by Gasteiger charge is -2.16. The second-order valence-electron chi connectivity index (χ2n) is 5.54. The maximum atomic E-state index is 11.9. The van der Waals surface area contributed by atoms with E-state index in [4.69, 9.17) is 5.73 Å². The minimum absolute atomic E-state index is 0.0122. The number of rotatable bonds is 9. The molecule has 0 radical (unpaired) electrons. The fourth-order valence-corrected chi connectivity index (χ4v) is 2.00. The van der Waals surface area contributed by atoms with Crippen molar-refractivity contribution in [3.05, 3.63) is 29.8 Å². The van der Waals surface area contributed by atoms with Crippen LogP contribution in [0.2, 0.25) is 0 Å². The first-order chi connectivity index (χ1) is 12.2. The summed E-state index contributed by atoms with van der Waals surface area (Å²) in [6.45, 7) is 0.711. The molecule has 3 amide bonds. The third-order valence-electron chi connectivity index (χ3n) is 3.39. The molecule has 10 nitrogen and oxygen atoms in total. The number of amides is 3. The molecule has 0 saturated carbocycles. The second kappa shape index (κ2) is 9.99. The number of hydrogen-bond donors (Lipinski definition) is 6. The van der Waals surface area contributed by atoms with Gasteiger partial charge >= 0.3 is 5.97 Å². The molecule has 2 unspecified atom stereocenters. The van der Waals surface area contributed by atoms with Gasteiger partial charge in [0.05, 0.1) is 13.1 Å². The molecule has 1 aromatic carbocycles. The summed E-state index contributed by atoms with van der Waals surface area (Å²) in [6, 6.07) is 3.83. The Labute approximate surface area is 149 Å². The summed E-state index contributed by atoms with van der Waals surface area (Å²) >= 11 is 0. The first kappa shape index (κ1) is 20.9.